The molecule has 0 heterocycles. The first kappa shape index (κ1) is 13.0. The molecule has 0 unspecified atom stereocenters. The van der Waals surface area contributed by atoms with Crippen LogP contribution in [0.2, 0.25) is 0 Å². The molecule has 0 aromatic heterocycles. The summed E-state index contributed by atoms with van der Waals surface area (Å²) in [5.41, 5.74) is 0.598. The van der Waals surface area contributed by atoms with E-state index >= 15 is 0 Å². The van der Waals surface area contributed by atoms with Crippen LogP contribution in [0.25, 0.3) is 0 Å². The van der Waals surface area contributed by atoms with Crippen LogP contribution in [0.4, 0.5) is 0 Å². The summed E-state index contributed by atoms with van der Waals surface area (Å²) in [6, 6.07) is 0. The summed E-state index contributed by atoms with van der Waals surface area (Å²) < 4.78 is 0. The topological polar surface area (TPSA) is 24.1 Å². The molecule has 0 bridgehead atoms. The minimum Gasteiger partial charge on any atom is -0.320 e. The highest BCUT2D eigenvalue weighted by Crippen LogP contribution is 2.34. The number of rotatable bonds is 7. The zero-order valence-corrected chi connectivity index (χ0v) is 10.6. The van der Waals surface area contributed by atoms with E-state index in [1.807, 2.05) is 7.05 Å². The van der Waals surface area contributed by atoms with Crippen molar-refractivity contribution in [1.29, 1.82) is 0 Å². The summed E-state index contributed by atoms with van der Waals surface area (Å²) >= 11 is 0. The van der Waals surface area contributed by atoms with E-state index in [9.17, 15) is 0 Å². The van der Waals surface area contributed by atoms with Crippen molar-refractivity contribution in [2.75, 3.05) is 26.7 Å². The van der Waals surface area contributed by atoms with Gasteiger partial charge in [-0.25, -0.2) is 0 Å². The van der Waals surface area contributed by atoms with Gasteiger partial charge in [0.1, 0.15) is 0 Å². The standard InChI is InChI=1S/C13H28N2/c1-13(8-4-3-5-9-13)12-15-11-7-6-10-14-2/h14-15H,3-12H2,1-2H3. The summed E-state index contributed by atoms with van der Waals surface area (Å²) in [7, 11) is 2.02. The van der Waals surface area contributed by atoms with Crippen LogP contribution in [0.3, 0.4) is 0 Å². The van der Waals surface area contributed by atoms with Gasteiger partial charge in [0.05, 0.1) is 0 Å². The minimum atomic E-state index is 0.598. The van der Waals surface area contributed by atoms with E-state index in [1.54, 1.807) is 0 Å². The third-order valence-corrected chi connectivity index (χ3v) is 3.64. The van der Waals surface area contributed by atoms with Gasteiger partial charge in [-0.05, 0) is 51.2 Å². The first-order valence-corrected chi connectivity index (χ1v) is 6.62. The van der Waals surface area contributed by atoms with E-state index in [2.05, 4.69) is 17.6 Å². The largest absolute Gasteiger partial charge is 0.320 e. The molecule has 15 heavy (non-hydrogen) atoms. The second-order valence-corrected chi connectivity index (χ2v) is 5.36. The van der Waals surface area contributed by atoms with Crippen LogP contribution in [0, 0.1) is 5.41 Å². The Bertz CT molecular complexity index is 151. The predicted octanol–water partition coefficient (Wildman–Crippen LogP) is 2.55. The molecule has 1 fully saturated rings. The highest BCUT2D eigenvalue weighted by molar-refractivity contribution is 4.80. The maximum atomic E-state index is 3.63. The van der Waals surface area contributed by atoms with Crippen molar-refractivity contribution in [2.45, 2.75) is 51.9 Å². The molecule has 1 aliphatic carbocycles. The van der Waals surface area contributed by atoms with Gasteiger partial charge in [0, 0.05) is 6.54 Å². The Morgan fingerprint density at radius 2 is 1.67 bits per heavy atom. The molecular formula is C13H28N2. The van der Waals surface area contributed by atoms with Crippen molar-refractivity contribution < 1.29 is 0 Å². The van der Waals surface area contributed by atoms with Gasteiger partial charge in [-0.3, -0.25) is 0 Å². The third kappa shape index (κ3) is 5.53. The Labute approximate surface area is 95.2 Å². The van der Waals surface area contributed by atoms with Gasteiger partial charge in [0.25, 0.3) is 0 Å². The van der Waals surface area contributed by atoms with Gasteiger partial charge in [-0.1, -0.05) is 26.2 Å². The summed E-state index contributed by atoms with van der Waals surface area (Å²) in [4.78, 5) is 0. The van der Waals surface area contributed by atoms with E-state index in [-0.39, 0.29) is 0 Å². The van der Waals surface area contributed by atoms with Gasteiger partial charge in [-0.15, -0.1) is 0 Å². The second-order valence-electron chi connectivity index (χ2n) is 5.36. The van der Waals surface area contributed by atoms with Crippen molar-refractivity contribution in [3.63, 3.8) is 0 Å². The van der Waals surface area contributed by atoms with Crippen LogP contribution >= 0.6 is 0 Å². The van der Waals surface area contributed by atoms with Crippen molar-refractivity contribution in [1.82, 2.24) is 10.6 Å². The fourth-order valence-electron chi connectivity index (χ4n) is 2.52. The molecule has 1 aliphatic rings. The Kier molecular flexibility index (Phi) is 6.26. The monoisotopic (exact) mass is 212 g/mol. The van der Waals surface area contributed by atoms with Crippen molar-refractivity contribution in [2.24, 2.45) is 5.41 Å². The molecule has 1 rings (SSSR count). The molecule has 0 aromatic rings. The minimum absolute atomic E-state index is 0.598. The summed E-state index contributed by atoms with van der Waals surface area (Å²) in [6.07, 6.45) is 9.79. The van der Waals surface area contributed by atoms with Crippen LogP contribution in [-0.2, 0) is 0 Å². The predicted molar refractivity (Wildman–Crippen MR) is 67.2 cm³/mol. The molecule has 2 nitrogen and oxygen atoms in total. The van der Waals surface area contributed by atoms with Crippen molar-refractivity contribution in [3.8, 4) is 0 Å². The zero-order valence-electron chi connectivity index (χ0n) is 10.6. The number of hydrogen-bond donors (Lipinski definition) is 2. The molecule has 1 saturated carbocycles. The Morgan fingerprint density at radius 1 is 1.00 bits per heavy atom. The van der Waals surface area contributed by atoms with Crippen LogP contribution in [0.1, 0.15) is 51.9 Å². The Balaban J connectivity index is 1.98. The van der Waals surface area contributed by atoms with Crippen LogP contribution < -0.4 is 10.6 Å². The van der Waals surface area contributed by atoms with E-state index in [1.165, 1.54) is 58.0 Å². The fourth-order valence-corrected chi connectivity index (χ4v) is 2.52. The van der Waals surface area contributed by atoms with Crippen molar-refractivity contribution >= 4 is 0 Å². The average Bonchev–Trinajstić information content (AvgIpc) is 2.24. The molecule has 2 N–H and O–H groups in total. The average molecular weight is 212 g/mol. The van der Waals surface area contributed by atoms with Gasteiger partial charge >= 0.3 is 0 Å². The lowest BCUT2D eigenvalue weighted by molar-refractivity contribution is 0.208. The van der Waals surface area contributed by atoms with Gasteiger partial charge in [0.2, 0.25) is 0 Å². The first-order valence-electron chi connectivity index (χ1n) is 6.62. The normalized spacial score (nSPS) is 20.4. The van der Waals surface area contributed by atoms with E-state index < -0.39 is 0 Å². The molecule has 0 atom stereocenters. The number of unbranched alkanes of at least 4 members (excludes halogenated alkanes) is 1. The Morgan fingerprint density at radius 3 is 2.33 bits per heavy atom. The van der Waals surface area contributed by atoms with Crippen LogP contribution in [0.15, 0.2) is 0 Å². The quantitative estimate of drug-likeness (QED) is 0.634. The maximum absolute atomic E-state index is 3.63. The molecule has 2 heteroatoms. The van der Waals surface area contributed by atoms with Gasteiger partial charge in [-0.2, -0.15) is 0 Å². The van der Waals surface area contributed by atoms with Gasteiger partial charge in [0.15, 0.2) is 0 Å². The van der Waals surface area contributed by atoms with Crippen LogP contribution in [0.5, 0.6) is 0 Å². The molecule has 90 valence electrons. The molecule has 0 spiro atoms. The summed E-state index contributed by atoms with van der Waals surface area (Å²) in [5.74, 6) is 0. The van der Waals surface area contributed by atoms with Crippen molar-refractivity contribution in [3.05, 3.63) is 0 Å². The first-order chi connectivity index (χ1) is 7.27. The SMILES string of the molecule is CNCCCCNCC1(C)CCCCC1. The van der Waals surface area contributed by atoms with Gasteiger partial charge < -0.3 is 10.6 Å². The fraction of sp³-hybridized carbons (Fsp3) is 1.00. The lowest BCUT2D eigenvalue weighted by Crippen LogP contribution is -2.34. The lowest BCUT2D eigenvalue weighted by Gasteiger charge is -2.33. The maximum Gasteiger partial charge on any atom is 0.000516 e. The van der Waals surface area contributed by atoms with E-state index in [0.29, 0.717) is 5.41 Å². The molecule has 0 aromatic carbocycles. The summed E-state index contributed by atoms with van der Waals surface area (Å²) in [5, 5.41) is 6.81. The Hall–Kier alpha value is -0.0800. The number of nitrogens with one attached hydrogen (secondary N) is 2. The van der Waals surface area contributed by atoms with Crippen LogP contribution in [-0.4, -0.2) is 26.7 Å². The van der Waals surface area contributed by atoms with E-state index in [0.717, 1.165) is 6.54 Å². The smallest absolute Gasteiger partial charge is 0.000516 e. The molecular weight excluding hydrogens is 184 g/mol. The molecule has 0 amide bonds. The second kappa shape index (κ2) is 7.24. The zero-order chi connectivity index (χ0) is 11.0. The molecule has 0 aliphatic heterocycles. The summed E-state index contributed by atoms with van der Waals surface area (Å²) in [6.45, 7) is 6.02. The third-order valence-electron chi connectivity index (χ3n) is 3.64. The number of hydrogen-bond acceptors (Lipinski definition) is 2. The lowest BCUT2D eigenvalue weighted by atomic mass is 9.76. The molecule has 0 radical (unpaired) electrons. The highest BCUT2D eigenvalue weighted by atomic mass is 14.9. The molecule has 0 saturated heterocycles. The van der Waals surface area contributed by atoms with E-state index in [4.69, 9.17) is 0 Å². The highest BCUT2D eigenvalue weighted by Gasteiger charge is 2.25.